The largest absolute Gasteiger partial charge is 0.573 e. The summed E-state index contributed by atoms with van der Waals surface area (Å²) in [5.74, 6) is -1.69. The van der Waals surface area contributed by atoms with Crippen molar-refractivity contribution in [3.63, 3.8) is 0 Å². The fourth-order valence-electron chi connectivity index (χ4n) is 6.01. The number of carbonyl (C=O) groups is 1. The van der Waals surface area contributed by atoms with Crippen molar-refractivity contribution < 1.29 is 27.8 Å². The maximum Gasteiger partial charge on any atom is 0.573 e. The summed E-state index contributed by atoms with van der Waals surface area (Å²) in [5.41, 5.74) is 3.61. The maximum atomic E-state index is 14.0. The number of carbonyl (C=O) groups excluding carboxylic acids is 1. The summed E-state index contributed by atoms with van der Waals surface area (Å²) in [5, 5.41) is 15.9. The summed E-state index contributed by atoms with van der Waals surface area (Å²) in [6.45, 7) is 0.285. The van der Waals surface area contributed by atoms with Crippen LogP contribution in [0, 0.1) is 0 Å². The normalized spacial score (nSPS) is 12.3. The fourth-order valence-corrected chi connectivity index (χ4v) is 6.01. The maximum absolute atomic E-state index is 14.0. The number of aromatic hydroxyl groups is 1. The van der Waals surface area contributed by atoms with Gasteiger partial charge in [0, 0.05) is 35.6 Å². The second kappa shape index (κ2) is 12.5. The van der Waals surface area contributed by atoms with Crippen LogP contribution in [-0.4, -0.2) is 33.5 Å². The van der Waals surface area contributed by atoms with Gasteiger partial charge < -0.3 is 24.7 Å². The lowest BCUT2D eigenvalue weighted by molar-refractivity contribution is -0.274. The molecule has 0 saturated carbocycles. The van der Waals surface area contributed by atoms with Gasteiger partial charge in [0.1, 0.15) is 11.5 Å². The minimum atomic E-state index is -4.87. The smallest absolute Gasteiger partial charge is 0.507 e. The minimum absolute atomic E-state index is 0.0617. The second-order valence-corrected chi connectivity index (χ2v) is 11.0. The van der Waals surface area contributed by atoms with Crippen molar-refractivity contribution in [2.45, 2.75) is 25.1 Å². The average molecular weight is 626 g/mol. The van der Waals surface area contributed by atoms with Crippen LogP contribution in [0.25, 0.3) is 21.8 Å². The first-order valence-corrected chi connectivity index (χ1v) is 14.7. The van der Waals surface area contributed by atoms with Gasteiger partial charge in [0.25, 0.3) is 5.56 Å². The summed E-state index contributed by atoms with van der Waals surface area (Å²) < 4.78 is 44.4. The Bertz CT molecular complexity index is 2080. The lowest BCUT2D eigenvalue weighted by Gasteiger charge is -2.22. The molecule has 10 heteroatoms. The van der Waals surface area contributed by atoms with E-state index in [0.717, 1.165) is 22.0 Å². The second-order valence-electron chi connectivity index (χ2n) is 11.0. The van der Waals surface area contributed by atoms with Gasteiger partial charge in [0.15, 0.2) is 0 Å². The minimum Gasteiger partial charge on any atom is -0.507 e. The molecule has 6 rings (SSSR count). The highest BCUT2D eigenvalue weighted by Gasteiger charge is 2.33. The van der Waals surface area contributed by atoms with E-state index >= 15 is 0 Å². The van der Waals surface area contributed by atoms with Crippen molar-refractivity contribution in [1.29, 1.82) is 0 Å². The molecule has 1 unspecified atom stereocenters. The Morgan fingerprint density at radius 2 is 1.57 bits per heavy atom. The van der Waals surface area contributed by atoms with E-state index in [4.69, 9.17) is 0 Å². The Kier molecular flexibility index (Phi) is 8.27. The zero-order valence-electron chi connectivity index (χ0n) is 24.8. The predicted octanol–water partition coefficient (Wildman–Crippen LogP) is 6.71. The van der Waals surface area contributed by atoms with Crippen molar-refractivity contribution in [3.05, 3.63) is 141 Å². The number of rotatable bonds is 9. The number of fused-ring (bicyclic) bond motifs is 2. The van der Waals surface area contributed by atoms with Crippen LogP contribution < -0.4 is 15.6 Å². The van der Waals surface area contributed by atoms with Crippen molar-refractivity contribution in [2.24, 2.45) is 7.05 Å². The van der Waals surface area contributed by atoms with Gasteiger partial charge in [-0.05, 0) is 53.4 Å². The van der Waals surface area contributed by atoms with Gasteiger partial charge in [-0.2, -0.15) is 0 Å². The molecule has 4 aromatic carbocycles. The summed E-state index contributed by atoms with van der Waals surface area (Å²) in [7, 11) is 1.61. The lowest BCUT2D eigenvalue weighted by Crippen LogP contribution is -2.28. The molecule has 3 N–H and O–H groups in total. The monoisotopic (exact) mass is 625 g/mol. The van der Waals surface area contributed by atoms with Crippen LogP contribution in [0.5, 0.6) is 11.5 Å². The zero-order valence-corrected chi connectivity index (χ0v) is 24.8. The number of amides is 1. The third kappa shape index (κ3) is 6.19. The quantitative estimate of drug-likeness (QED) is 0.167. The first-order chi connectivity index (χ1) is 22.1. The van der Waals surface area contributed by atoms with E-state index in [-0.39, 0.29) is 30.2 Å². The van der Waals surface area contributed by atoms with E-state index in [0.29, 0.717) is 28.6 Å². The number of halogens is 3. The van der Waals surface area contributed by atoms with E-state index < -0.39 is 23.6 Å². The predicted molar refractivity (Wildman–Crippen MR) is 170 cm³/mol. The molecule has 6 aromatic rings. The van der Waals surface area contributed by atoms with Crippen LogP contribution >= 0.6 is 0 Å². The van der Waals surface area contributed by atoms with Crippen LogP contribution in [0.15, 0.2) is 108 Å². The third-order valence-corrected chi connectivity index (χ3v) is 8.09. The number of nitrogens with zero attached hydrogens (tertiary/aromatic N) is 1. The molecule has 234 valence electrons. The molecule has 7 nitrogen and oxygen atoms in total. The number of hydrogen-bond acceptors (Lipinski definition) is 4. The highest BCUT2D eigenvalue weighted by atomic mass is 19.4. The molecule has 1 amide bonds. The molecule has 2 aromatic heterocycles. The summed E-state index contributed by atoms with van der Waals surface area (Å²) in [4.78, 5) is 30.2. The summed E-state index contributed by atoms with van der Waals surface area (Å²) in [6, 6.07) is 29.2. The van der Waals surface area contributed by atoms with Crippen LogP contribution in [0.3, 0.4) is 0 Å². The van der Waals surface area contributed by atoms with E-state index in [1.165, 1.54) is 28.8 Å². The number of para-hydroxylation sites is 2. The number of benzene rings is 4. The summed E-state index contributed by atoms with van der Waals surface area (Å²) >= 11 is 0. The summed E-state index contributed by atoms with van der Waals surface area (Å²) in [6.07, 6.45) is -4.28. The first-order valence-electron chi connectivity index (χ1n) is 14.7. The van der Waals surface area contributed by atoms with Gasteiger partial charge in [0.2, 0.25) is 5.91 Å². The molecule has 0 radical (unpaired) electrons. The van der Waals surface area contributed by atoms with Gasteiger partial charge in [0.05, 0.1) is 23.4 Å². The molecule has 46 heavy (non-hydrogen) atoms. The number of alkyl halides is 3. The fraction of sp³-hybridized carbons (Fsp3) is 0.167. The van der Waals surface area contributed by atoms with Crippen LogP contribution in [0.2, 0.25) is 0 Å². The van der Waals surface area contributed by atoms with Gasteiger partial charge in [-0.3, -0.25) is 9.59 Å². The Hall–Kier alpha value is -5.51. The van der Waals surface area contributed by atoms with Crippen molar-refractivity contribution >= 4 is 27.7 Å². The molecule has 1 atom stereocenters. The Labute approximate surface area is 261 Å². The van der Waals surface area contributed by atoms with Crippen LogP contribution in [0.4, 0.5) is 13.2 Å². The number of ether oxygens (including phenoxy) is 1. The molecule has 0 spiro atoms. The Balaban J connectivity index is 1.47. The van der Waals surface area contributed by atoms with Crippen molar-refractivity contribution in [3.8, 4) is 11.5 Å². The first kappa shape index (κ1) is 30.5. The molecule has 0 fully saturated rings. The number of nitrogens with one attached hydrogen (secondary N) is 2. The molecular weight excluding hydrogens is 595 g/mol. The molecule has 0 aliphatic carbocycles. The Morgan fingerprint density at radius 1 is 0.913 bits per heavy atom. The van der Waals surface area contributed by atoms with Crippen LogP contribution in [-0.2, 0) is 24.7 Å². The topological polar surface area (TPSA) is 96.4 Å². The Morgan fingerprint density at radius 3 is 2.28 bits per heavy atom. The molecule has 0 aliphatic rings. The number of hydrogen-bond donors (Lipinski definition) is 3. The van der Waals surface area contributed by atoms with Gasteiger partial charge in [-0.15, -0.1) is 13.2 Å². The van der Waals surface area contributed by atoms with Crippen LogP contribution in [0.1, 0.15) is 33.9 Å². The highest BCUT2D eigenvalue weighted by Crippen LogP contribution is 2.41. The highest BCUT2D eigenvalue weighted by molar-refractivity contribution is 5.88. The zero-order chi connectivity index (χ0) is 32.4. The van der Waals surface area contributed by atoms with E-state index in [1.807, 2.05) is 54.6 Å². The number of H-pyrrole nitrogens is 1. The molecule has 0 bridgehead atoms. The number of pyridine rings is 1. The van der Waals surface area contributed by atoms with Gasteiger partial charge in [-0.25, -0.2) is 0 Å². The van der Waals surface area contributed by atoms with Crippen molar-refractivity contribution in [1.82, 2.24) is 14.9 Å². The molecular formula is C36H30F3N3O4. The van der Waals surface area contributed by atoms with Gasteiger partial charge >= 0.3 is 6.36 Å². The number of aryl methyl sites for hydroxylation is 1. The van der Waals surface area contributed by atoms with Gasteiger partial charge in [-0.1, -0.05) is 72.8 Å². The molecule has 0 aliphatic heterocycles. The average Bonchev–Trinajstić information content (AvgIpc) is 3.40. The van der Waals surface area contributed by atoms with E-state index in [2.05, 4.69) is 15.0 Å². The number of aromatic nitrogens is 2. The molecule has 0 saturated heterocycles. The molecule has 2 heterocycles. The third-order valence-electron chi connectivity index (χ3n) is 8.09. The van der Waals surface area contributed by atoms with E-state index in [9.17, 15) is 27.9 Å². The lowest BCUT2D eigenvalue weighted by atomic mass is 9.85. The number of aromatic amines is 1. The van der Waals surface area contributed by atoms with Crippen molar-refractivity contribution in [2.75, 3.05) is 6.54 Å². The SMILES string of the molecule is Cn1c(=O)c(C(c2ccc(OC(F)(F)F)cc2)c2[nH]c3ccccc3c2CCNC(=O)Cc2ccccc2)c(O)c2ccccc21. The van der Waals surface area contributed by atoms with E-state index in [1.54, 1.807) is 31.3 Å². The standard InChI is InChI=1S/C36H30F3N3O4/c1-42-29-14-8-6-12-27(29)34(44)32(35(42)45)31(23-15-17-24(18-16-23)46-36(37,38)39)33-26(25-11-5-7-13-28(25)41-33)19-20-40-30(43)21-22-9-3-2-4-10-22/h2-18,31,41,44H,19-21H2,1H3,(H,40,43).